The van der Waals surface area contributed by atoms with Crippen LogP contribution in [0.4, 0.5) is 5.69 Å². The molecule has 0 saturated carbocycles. The van der Waals surface area contributed by atoms with Gasteiger partial charge in [-0.05, 0) is 12.1 Å². The molecule has 6 nitrogen and oxygen atoms in total. The number of aromatic nitrogens is 3. The Morgan fingerprint density at radius 3 is 2.81 bits per heavy atom. The van der Waals surface area contributed by atoms with Gasteiger partial charge in [-0.2, -0.15) is 5.10 Å². The summed E-state index contributed by atoms with van der Waals surface area (Å²) in [6.45, 7) is 0. The highest BCUT2D eigenvalue weighted by molar-refractivity contribution is 6.30. The second kappa shape index (κ2) is 3.82. The minimum absolute atomic E-state index is 0.101. The van der Waals surface area contributed by atoms with Crippen LogP contribution < -0.4 is 5.73 Å². The summed E-state index contributed by atoms with van der Waals surface area (Å²) in [7, 11) is 0. The van der Waals surface area contributed by atoms with Crippen LogP contribution in [-0.4, -0.2) is 25.8 Å². The fraction of sp³-hybridized carbons (Fsp3) is 0. The molecule has 2 aromatic rings. The van der Waals surface area contributed by atoms with Crippen LogP contribution in [0.2, 0.25) is 5.02 Å². The van der Waals surface area contributed by atoms with Crippen LogP contribution in [0, 0.1) is 0 Å². The SMILES string of the molecule is Nc1ccc(C(=O)O)nc1-n1cc(Cl)cn1. The van der Waals surface area contributed by atoms with Gasteiger partial charge in [-0.15, -0.1) is 0 Å². The van der Waals surface area contributed by atoms with E-state index in [1.165, 1.54) is 29.2 Å². The first-order valence-corrected chi connectivity index (χ1v) is 4.66. The summed E-state index contributed by atoms with van der Waals surface area (Å²) >= 11 is 5.70. The Bertz CT molecular complexity index is 552. The van der Waals surface area contributed by atoms with Crippen molar-refractivity contribution in [1.29, 1.82) is 0 Å². The topological polar surface area (TPSA) is 94.0 Å². The third kappa shape index (κ3) is 1.82. The summed E-state index contributed by atoms with van der Waals surface area (Å²) < 4.78 is 1.32. The molecule has 7 heteroatoms. The van der Waals surface area contributed by atoms with Gasteiger partial charge in [-0.1, -0.05) is 11.6 Å². The highest BCUT2D eigenvalue weighted by Crippen LogP contribution is 2.16. The van der Waals surface area contributed by atoms with Crippen molar-refractivity contribution in [2.45, 2.75) is 0 Å². The van der Waals surface area contributed by atoms with Crippen molar-refractivity contribution in [3.63, 3.8) is 0 Å². The van der Waals surface area contributed by atoms with Gasteiger partial charge in [-0.3, -0.25) is 0 Å². The van der Waals surface area contributed by atoms with Crippen molar-refractivity contribution in [3.05, 3.63) is 35.2 Å². The Kier molecular flexibility index (Phi) is 2.49. The van der Waals surface area contributed by atoms with Crippen molar-refractivity contribution in [1.82, 2.24) is 14.8 Å². The maximum atomic E-state index is 10.7. The molecule has 0 atom stereocenters. The van der Waals surface area contributed by atoms with Crippen LogP contribution in [0.3, 0.4) is 0 Å². The Morgan fingerprint density at radius 1 is 1.50 bits per heavy atom. The number of aromatic carboxylic acids is 1. The molecule has 0 saturated heterocycles. The van der Waals surface area contributed by atoms with Crippen molar-refractivity contribution >= 4 is 23.3 Å². The first-order valence-electron chi connectivity index (χ1n) is 4.28. The molecule has 16 heavy (non-hydrogen) atoms. The van der Waals surface area contributed by atoms with Crippen molar-refractivity contribution in [2.24, 2.45) is 0 Å². The maximum Gasteiger partial charge on any atom is 0.354 e. The molecule has 0 aliphatic heterocycles. The van der Waals surface area contributed by atoms with Gasteiger partial charge in [0.2, 0.25) is 0 Å². The third-order valence-corrected chi connectivity index (χ3v) is 2.09. The van der Waals surface area contributed by atoms with Crippen LogP contribution >= 0.6 is 11.6 Å². The number of carboxylic acid groups (broad SMARTS) is 1. The summed E-state index contributed by atoms with van der Waals surface area (Å²) in [6.07, 6.45) is 2.90. The van der Waals surface area contributed by atoms with Crippen molar-refractivity contribution in [3.8, 4) is 5.82 Å². The van der Waals surface area contributed by atoms with E-state index in [-0.39, 0.29) is 11.5 Å². The van der Waals surface area contributed by atoms with E-state index in [0.717, 1.165) is 0 Å². The van der Waals surface area contributed by atoms with E-state index in [1.807, 2.05) is 0 Å². The summed E-state index contributed by atoms with van der Waals surface area (Å²) in [4.78, 5) is 14.6. The van der Waals surface area contributed by atoms with Gasteiger partial charge in [0, 0.05) is 0 Å². The van der Waals surface area contributed by atoms with E-state index in [2.05, 4.69) is 10.1 Å². The van der Waals surface area contributed by atoms with E-state index in [4.69, 9.17) is 22.4 Å². The first-order chi connectivity index (χ1) is 7.58. The van der Waals surface area contributed by atoms with Crippen LogP contribution in [0.15, 0.2) is 24.5 Å². The molecule has 82 valence electrons. The molecule has 0 aromatic carbocycles. The van der Waals surface area contributed by atoms with Crippen LogP contribution in [0.5, 0.6) is 0 Å². The molecule has 0 bridgehead atoms. The quantitative estimate of drug-likeness (QED) is 0.820. The van der Waals surface area contributed by atoms with E-state index in [9.17, 15) is 4.79 Å². The number of nitrogens with two attached hydrogens (primary N) is 1. The Balaban J connectivity index is 2.55. The summed E-state index contributed by atoms with van der Waals surface area (Å²) in [5, 5.41) is 13.1. The number of hydrogen-bond acceptors (Lipinski definition) is 4. The molecular weight excluding hydrogens is 232 g/mol. The minimum Gasteiger partial charge on any atom is -0.477 e. The van der Waals surface area contributed by atoms with E-state index < -0.39 is 5.97 Å². The van der Waals surface area contributed by atoms with E-state index in [0.29, 0.717) is 10.7 Å². The Morgan fingerprint density at radius 2 is 2.25 bits per heavy atom. The minimum atomic E-state index is -1.13. The predicted octanol–water partition coefficient (Wildman–Crippen LogP) is 1.20. The third-order valence-electron chi connectivity index (χ3n) is 1.89. The predicted molar refractivity (Wildman–Crippen MR) is 57.7 cm³/mol. The molecule has 2 rings (SSSR count). The Labute approximate surface area is 95.3 Å². The Hall–Kier alpha value is -2.08. The van der Waals surface area contributed by atoms with Crippen molar-refractivity contribution < 1.29 is 9.90 Å². The molecule has 0 fully saturated rings. The summed E-state index contributed by atoms with van der Waals surface area (Å²) in [6, 6.07) is 2.79. The molecule has 3 N–H and O–H groups in total. The highest BCUT2D eigenvalue weighted by Gasteiger charge is 2.10. The standard InChI is InChI=1S/C9H7ClN4O2/c10-5-3-12-14(4-5)8-6(11)1-2-7(13-8)9(15)16/h1-4H,11H2,(H,15,16). The summed E-state index contributed by atoms with van der Waals surface area (Å²) in [5.41, 5.74) is 5.89. The van der Waals surface area contributed by atoms with Crippen LogP contribution in [0.1, 0.15) is 10.5 Å². The highest BCUT2D eigenvalue weighted by atomic mass is 35.5. The number of carbonyl (C=O) groups is 1. The second-order valence-corrected chi connectivity index (χ2v) is 3.45. The normalized spacial score (nSPS) is 10.3. The van der Waals surface area contributed by atoms with E-state index >= 15 is 0 Å². The molecule has 0 spiro atoms. The van der Waals surface area contributed by atoms with Gasteiger partial charge >= 0.3 is 5.97 Å². The largest absolute Gasteiger partial charge is 0.477 e. The lowest BCUT2D eigenvalue weighted by atomic mass is 10.3. The fourth-order valence-corrected chi connectivity index (χ4v) is 1.31. The molecule has 0 aliphatic rings. The smallest absolute Gasteiger partial charge is 0.354 e. The molecule has 0 aliphatic carbocycles. The lowest BCUT2D eigenvalue weighted by Gasteiger charge is -2.04. The average molecular weight is 239 g/mol. The molecule has 0 unspecified atom stereocenters. The van der Waals surface area contributed by atoms with E-state index in [1.54, 1.807) is 0 Å². The summed E-state index contributed by atoms with van der Waals surface area (Å²) in [5.74, 6) is -0.883. The van der Waals surface area contributed by atoms with Crippen LogP contribution in [-0.2, 0) is 0 Å². The van der Waals surface area contributed by atoms with Gasteiger partial charge in [0.1, 0.15) is 0 Å². The molecular formula is C9H7ClN4O2. The number of rotatable bonds is 2. The van der Waals surface area contributed by atoms with Gasteiger partial charge < -0.3 is 10.8 Å². The number of halogens is 1. The molecule has 0 amide bonds. The number of carboxylic acids is 1. The van der Waals surface area contributed by atoms with Crippen LogP contribution in [0.25, 0.3) is 5.82 Å². The lowest BCUT2D eigenvalue weighted by Crippen LogP contribution is -2.08. The second-order valence-electron chi connectivity index (χ2n) is 3.02. The first kappa shape index (κ1) is 10.4. The van der Waals surface area contributed by atoms with Crippen molar-refractivity contribution in [2.75, 3.05) is 5.73 Å². The zero-order chi connectivity index (χ0) is 11.7. The van der Waals surface area contributed by atoms with Gasteiger partial charge in [0.05, 0.1) is 23.1 Å². The van der Waals surface area contributed by atoms with Gasteiger partial charge in [0.15, 0.2) is 11.5 Å². The number of pyridine rings is 1. The monoisotopic (exact) mass is 238 g/mol. The zero-order valence-corrected chi connectivity index (χ0v) is 8.72. The number of hydrogen-bond donors (Lipinski definition) is 2. The fourth-order valence-electron chi connectivity index (χ4n) is 1.18. The average Bonchev–Trinajstić information content (AvgIpc) is 2.65. The van der Waals surface area contributed by atoms with Gasteiger partial charge in [-0.25, -0.2) is 14.5 Å². The molecule has 2 heterocycles. The lowest BCUT2D eigenvalue weighted by molar-refractivity contribution is 0.0690. The zero-order valence-electron chi connectivity index (χ0n) is 7.96. The number of nitrogen functional groups attached to an aromatic ring is 1. The number of nitrogens with zero attached hydrogens (tertiary/aromatic N) is 3. The number of anilines is 1. The molecule has 2 aromatic heterocycles. The molecule has 0 radical (unpaired) electrons. The maximum absolute atomic E-state index is 10.7. The van der Waals surface area contributed by atoms with Gasteiger partial charge in [0.25, 0.3) is 0 Å².